The van der Waals surface area contributed by atoms with E-state index in [2.05, 4.69) is 11.8 Å². The molecule has 0 amide bonds. The average Bonchev–Trinajstić information content (AvgIpc) is 2.96. The molecule has 2 heterocycles. The van der Waals surface area contributed by atoms with E-state index in [1.54, 1.807) is 6.07 Å². The first-order valence-corrected chi connectivity index (χ1v) is 6.37. The number of carbonyl (C=O) groups excluding carboxylic acids is 1. The number of hydrogen-bond acceptors (Lipinski definition) is 4. The zero-order valence-corrected chi connectivity index (χ0v) is 10.5. The van der Waals surface area contributed by atoms with Gasteiger partial charge in [0.05, 0.1) is 6.54 Å². The zero-order valence-electron chi connectivity index (χ0n) is 10.5. The average molecular weight is 247 g/mol. The van der Waals surface area contributed by atoms with Gasteiger partial charge in [0.1, 0.15) is 0 Å². The van der Waals surface area contributed by atoms with Crippen molar-refractivity contribution in [3.8, 4) is 11.5 Å². The minimum absolute atomic E-state index is 0.155. The molecule has 4 nitrogen and oxygen atoms in total. The second-order valence-corrected chi connectivity index (χ2v) is 5.12. The number of carbonyl (C=O) groups is 1. The highest BCUT2D eigenvalue weighted by atomic mass is 16.7. The van der Waals surface area contributed by atoms with E-state index >= 15 is 0 Å². The number of fused-ring (bicyclic) bond motifs is 1. The van der Waals surface area contributed by atoms with Crippen LogP contribution in [-0.2, 0) is 0 Å². The number of likely N-dealkylation sites (tertiary alicyclic amines) is 1. The van der Waals surface area contributed by atoms with Gasteiger partial charge in [-0.2, -0.15) is 0 Å². The molecular weight excluding hydrogens is 230 g/mol. The molecule has 0 radical (unpaired) electrons. The Balaban J connectivity index is 1.69. The summed E-state index contributed by atoms with van der Waals surface area (Å²) in [4.78, 5) is 14.4. The van der Waals surface area contributed by atoms with Crippen LogP contribution in [0.25, 0.3) is 0 Å². The van der Waals surface area contributed by atoms with E-state index in [9.17, 15) is 4.79 Å². The number of nitrogens with zero attached hydrogens (tertiary/aromatic N) is 1. The third-order valence-electron chi connectivity index (χ3n) is 3.57. The lowest BCUT2D eigenvalue weighted by molar-refractivity contribution is 0.0943. The van der Waals surface area contributed by atoms with Crippen molar-refractivity contribution in [3.63, 3.8) is 0 Å². The summed E-state index contributed by atoms with van der Waals surface area (Å²) in [5, 5.41) is 0. The molecule has 0 spiro atoms. The number of Topliss-reactive ketones (excluding diaryl/α,β-unsaturated/α-hetero) is 1. The molecule has 2 aliphatic rings. The molecule has 0 bridgehead atoms. The van der Waals surface area contributed by atoms with E-state index < -0.39 is 0 Å². The molecule has 1 saturated heterocycles. The summed E-state index contributed by atoms with van der Waals surface area (Å²) >= 11 is 0. The van der Waals surface area contributed by atoms with Crippen molar-refractivity contribution in [2.75, 3.05) is 26.4 Å². The Morgan fingerprint density at radius 3 is 3.00 bits per heavy atom. The van der Waals surface area contributed by atoms with Crippen LogP contribution in [0.2, 0.25) is 0 Å². The minimum Gasteiger partial charge on any atom is -0.454 e. The molecule has 1 fully saturated rings. The first-order valence-electron chi connectivity index (χ1n) is 6.37. The monoisotopic (exact) mass is 247 g/mol. The molecule has 96 valence electrons. The van der Waals surface area contributed by atoms with Crippen LogP contribution in [0.4, 0.5) is 0 Å². The molecule has 18 heavy (non-hydrogen) atoms. The summed E-state index contributed by atoms with van der Waals surface area (Å²) in [6.07, 6.45) is 1.19. The third-order valence-corrected chi connectivity index (χ3v) is 3.57. The van der Waals surface area contributed by atoms with Crippen LogP contribution in [-0.4, -0.2) is 37.1 Å². The molecule has 0 aliphatic carbocycles. The van der Waals surface area contributed by atoms with Gasteiger partial charge < -0.3 is 9.47 Å². The van der Waals surface area contributed by atoms with Crippen LogP contribution < -0.4 is 9.47 Å². The molecule has 1 aromatic rings. The molecule has 4 heteroatoms. The van der Waals surface area contributed by atoms with Crippen LogP contribution >= 0.6 is 0 Å². The molecule has 0 aromatic heterocycles. The fraction of sp³-hybridized carbons (Fsp3) is 0.500. The molecule has 1 unspecified atom stereocenters. The summed E-state index contributed by atoms with van der Waals surface area (Å²) in [6, 6.07) is 5.40. The van der Waals surface area contributed by atoms with Crippen molar-refractivity contribution in [1.29, 1.82) is 0 Å². The zero-order chi connectivity index (χ0) is 12.5. The smallest absolute Gasteiger partial charge is 0.231 e. The number of ether oxygens (including phenoxy) is 2. The fourth-order valence-electron chi connectivity index (χ4n) is 2.53. The normalized spacial score (nSPS) is 22.4. The lowest BCUT2D eigenvalue weighted by Gasteiger charge is -2.14. The Labute approximate surface area is 106 Å². The maximum Gasteiger partial charge on any atom is 0.231 e. The van der Waals surface area contributed by atoms with E-state index in [1.807, 2.05) is 12.1 Å². The first-order chi connectivity index (χ1) is 8.72. The van der Waals surface area contributed by atoms with Gasteiger partial charge in [-0.05, 0) is 37.1 Å². The summed E-state index contributed by atoms with van der Waals surface area (Å²) < 4.78 is 10.5. The highest BCUT2D eigenvalue weighted by Gasteiger charge is 2.22. The molecular formula is C14H17NO3. The van der Waals surface area contributed by atoms with Crippen molar-refractivity contribution in [3.05, 3.63) is 23.8 Å². The van der Waals surface area contributed by atoms with Crippen molar-refractivity contribution >= 4 is 5.78 Å². The van der Waals surface area contributed by atoms with Gasteiger partial charge in [-0.25, -0.2) is 0 Å². The number of benzene rings is 1. The molecule has 0 saturated carbocycles. The molecule has 3 rings (SSSR count). The highest BCUT2D eigenvalue weighted by molar-refractivity contribution is 5.98. The fourth-order valence-corrected chi connectivity index (χ4v) is 2.53. The SMILES string of the molecule is CC1CCN(CC(=O)c2ccc3c(c2)OCO3)C1. The van der Waals surface area contributed by atoms with E-state index in [0.29, 0.717) is 23.8 Å². The Morgan fingerprint density at radius 1 is 1.39 bits per heavy atom. The molecule has 2 aliphatic heterocycles. The van der Waals surface area contributed by atoms with Crippen LogP contribution in [0.1, 0.15) is 23.7 Å². The van der Waals surface area contributed by atoms with Crippen LogP contribution in [0.5, 0.6) is 11.5 Å². The van der Waals surface area contributed by atoms with Crippen LogP contribution in [0.15, 0.2) is 18.2 Å². The Bertz CT molecular complexity index is 472. The second-order valence-electron chi connectivity index (χ2n) is 5.12. The molecule has 1 atom stereocenters. The van der Waals surface area contributed by atoms with Gasteiger partial charge in [0.2, 0.25) is 6.79 Å². The van der Waals surface area contributed by atoms with Gasteiger partial charge in [0.25, 0.3) is 0 Å². The predicted octanol–water partition coefficient (Wildman–Crippen LogP) is 1.94. The van der Waals surface area contributed by atoms with Gasteiger partial charge in [-0.15, -0.1) is 0 Å². The van der Waals surface area contributed by atoms with Gasteiger partial charge in [-0.1, -0.05) is 6.92 Å². The lowest BCUT2D eigenvalue weighted by Crippen LogP contribution is -2.27. The van der Waals surface area contributed by atoms with Gasteiger partial charge in [0, 0.05) is 12.1 Å². The Hall–Kier alpha value is -1.55. The summed E-state index contributed by atoms with van der Waals surface area (Å²) in [6.45, 7) is 5.03. The van der Waals surface area contributed by atoms with Gasteiger partial charge >= 0.3 is 0 Å². The predicted molar refractivity (Wildman–Crippen MR) is 67.1 cm³/mol. The largest absolute Gasteiger partial charge is 0.454 e. The number of ketones is 1. The summed E-state index contributed by atoms with van der Waals surface area (Å²) in [5.41, 5.74) is 0.707. The molecule has 1 aromatic carbocycles. The van der Waals surface area contributed by atoms with E-state index in [-0.39, 0.29) is 12.6 Å². The number of hydrogen-bond donors (Lipinski definition) is 0. The van der Waals surface area contributed by atoms with E-state index in [4.69, 9.17) is 9.47 Å². The van der Waals surface area contributed by atoms with Crippen molar-refractivity contribution in [2.24, 2.45) is 5.92 Å². The number of rotatable bonds is 3. The summed E-state index contributed by atoms with van der Waals surface area (Å²) in [7, 11) is 0. The standard InChI is InChI=1S/C14H17NO3/c1-10-4-5-15(7-10)8-12(16)11-2-3-13-14(6-11)18-9-17-13/h2-3,6,10H,4-5,7-9H2,1H3. The van der Waals surface area contributed by atoms with Crippen LogP contribution in [0, 0.1) is 5.92 Å². The Kier molecular flexibility index (Phi) is 2.96. The highest BCUT2D eigenvalue weighted by Crippen LogP contribution is 2.32. The minimum atomic E-state index is 0.155. The Morgan fingerprint density at radius 2 is 2.22 bits per heavy atom. The first kappa shape index (κ1) is 11.5. The van der Waals surface area contributed by atoms with E-state index in [0.717, 1.165) is 18.8 Å². The maximum absolute atomic E-state index is 12.2. The maximum atomic E-state index is 12.2. The van der Waals surface area contributed by atoms with E-state index in [1.165, 1.54) is 6.42 Å². The van der Waals surface area contributed by atoms with Gasteiger partial charge in [0.15, 0.2) is 17.3 Å². The van der Waals surface area contributed by atoms with Crippen molar-refractivity contribution < 1.29 is 14.3 Å². The quantitative estimate of drug-likeness (QED) is 0.765. The van der Waals surface area contributed by atoms with Gasteiger partial charge in [-0.3, -0.25) is 9.69 Å². The molecule has 0 N–H and O–H groups in total. The third kappa shape index (κ3) is 2.20. The lowest BCUT2D eigenvalue weighted by atomic mass is 10.1. The van der Waals surface area contributed by atoms with Crippen LogP contribution in [0.3, 0.4) is 0 Å². The summed E-state index contributed by atoms with van der Waals surface area (Å²) in [5.74, 6) is 2.26. The topological polar surface area (TPSA) is 38.8 Å². The van der Waals surface area contributed by atoms with Crippen molar-refractivity contribution in [1.82, 2.24) is 4.90 Å². The second kappa shape index (κ2) is 4.61. The van der Waals surface area contributed by atoms with Crippen molar-refractivity contribution in [2.45, 2.75) is 13.3 Å².